The average Bonchev–Trinajstić information content (AvgIpc) is 3.77. The molecule has 6 aromatic rings. The van der Waals surface area contributed by atoms with Crippen molar-refractivity contribution in [3.63, 3.8) is 0 Å². The largest absolute Gasteiger partial charge is 0.497 e. The summed E-state index contributed by atoms with van der Waals surface area (Å²) in [6.45, 7) is 11.3. The molecule has 0 fully saturated rings. The van der Waals surface area contributed by atoms with Crippen LogP contribution in [0.4, 0.5) is 5.69 Å². The second kappa shape index (κ2) is 14.9. The fraction of sp³-hybridized carbons (Fsp3) is 0.357. The van der Waals surface area contributed by atoms with Crippen LogP contribution in [0.1, 0.15) is 68.4 Å². The zero-order chi connectivity index (χ0) is 39.5. The number of aromatic nitrogens is 4. The van der Waals surface area contributed by atoms with Crippen molar-refractivity contribution in [1.82, 2.24) is 18.9 Å². The van der Waals surface area contributed by atoms with Crippen LogP contribution in [0.25, 0.3) is 32.9 Å². The number of halogens is 2. The second-order valence-electron chi connectivity index (χ2n) is 14.3. The highest BCUT2D eigenvalue weighted by atomic mass is 35.5. The molecule has 1 atom stereocenters. The van der Waals surface area contributed by atoms with E-state index in [0.717, 1.165) is 60.9 Å². The van der Waals surface area contributed by atoms with Crippen molar-refractivity contribution in [2.45, 2.75) is 60.0 Å². The molecule has 0 radical (unpaired) electrons. The maximum Gasteiger partial charge on any atom is 0.352 e. The van der Waals surface area contributed by atoms with Gasteiger partial charge in [0, 0.05) is 72.0 Å². The summed E-state index contributed by atoms with van der Waals surface area (Å²) in [7, 11) is 5.05. The maximum absolute atomic E-state index is 15.3. The SMILES string of the molecule is COCCn1c(C(=O)O)cc2cc(OC)cc(N3C[C@@H](C)n4c(c(CCCOc5cc(C)c(Cl)c(C)c5)c5ccc(Cl)c(-c6c(C)nn(C)c6C)c54)C3=O)c21. The zero-order valence-corrected chi connectivity index (χ0v) is 33.9. The maximum atomic E-state index is 15.3. The van der Waals surface area contributed by atoms with Gasteiger partial charge in [-0.3, -0.25) is 9.48 Å². The number of carboxylic acids is 1. The average molecular weight is 787 g/mol. The minimum atomic E-state index is -1.07. The molecule has 13 heteroatoms. The number of benzene rings is 3. The lowest BCUT2D eigenvalue weighted by Gasteiger charge is -2.35. The molecule has 3 aromatic heterocycles. The van der Waals surface area contributed by atoms with Crippen molar-refractivity contribution in [2.24, 2.45) is 7.05 Å². The summed E-state index contributed by atoms with van der Waals surface area (Å²) >= 11 is 13.5. The molecule has 1 aliphatic heterocycles. The molecule has 7 rings (SSSR count). The number of hydrogen-bond donors (Lipinski definition) is 1. The number of carboxylic acid groups (broad SMARTS) is 1. The summed E-state index contributed by atoms with van der Waals surface area (Å²) in [5, 5.41) is 17.8. The van der Waals surface area contributed by atoms with E-state index in [2.05, 4.69) is 11.5 Å². The standard InChI is InChI=1S/C42H45Cl2N5O6/c1-22-16-29(17-23(2)37(22)44)55-14-9-10-30-31-11-12-32(43)36(35-25(4)45-46(6)26(35)5)39(31)49-24(3)21-48(41(50)40(30)49)33-20-28(54-8)18-27-19-34(42(51)52)47(38(27)33)13-15-53-7/h11-12,16-20,24H,9-10,13-15,21H2,1-8H3,(H,51,52)/t24-/m1/s1. The molecule has 1 N–H and O–H groups in total. The first-order valence-electron chi connectivity index (χ1n) is 18.3. The van der Waals surface area contributed by atoms with E-state index in [9.17, 15) is 9.90 Å². The van der Waals surface area contributed by atoms with E-state index in [1.807, 2.05) is 69.8 Å². The van der Waals surface area contributed by atoms with Crippen LogP contribution in [0.5, 0.6) is 11.5 Å². The monoisotopic (exact) mass is 785 g/mol. The molecule has 288 valence electrons. The lowest BCUT2D eigenvalue weighted by atomic mass is 9.98. The Morgan fingerprint density at radius 2 is 1.69 bits per heavy atom. The number of carbonyl (C=O) groups excluding carboxylic acids is 1. The van der Waals surface area contributed by atoms with E-state index in [1.54, 1.807) is 35.8 Å². The number of aryl methyl sites for hydroxylation is 5. The highest BCUT2D eigenvalue weighted by Gasteiger charge is 2.38. The minimum Gasteiger partial charge on any atom is -0.497 e. The molecule has 0 bridgehead atoms. The first kappa shape index (κ1) is 38.3. The van der Waals surface area contributed by atoms with Crippen molar-refractivity contribution >= 4 is 62.6 Å². The Kier molecular flexibility index (Phi) is 10.4. The number of methoxy groups -OCH3 is 2. The lowest BCUT2D eigenvalue weighted by molar-refractivity contribution is 0.0683. The van der Waals surface area contributed by atoms with Crippen molar-refractivity contribution in [3.05, 3.63) is 92.0 Å². The molecule has 1 aliphatic rings. The van der Waals surface area contributed by atoms with E-state index < -0.39 is 5.97 Å². The predicted octanol–water partition coefficient (Wildman–Crippen LogP) is 9.12. The topological polar surface area (TPSA) is 113 Å². The van der Waals surface area contributed by atoms with E-state index in [4.69, 9.17) is 42.5 Å². The van der Waals surface area contributed by atoms with Gasteiger partial charge in [-0.15, -0.1) is 0 Å². The quantitative estimate of drug-likeness (QED) is 0.123. The number of amides is 1. The van der Waals surface area contributed by atoms with E-state index in [1.165, 1.54) is 0 Å². The third-order valence-corrected chi connectivity index (χ3v) is 11.7. The summed E-state index contributed by atoms with van der Waals surface area (Å²) in [6, 6.07) is 12.8. The summed E-state index contributed by atoms with van der Waals surface area (Å²) in [4.78, 5) is 29.6. The fourth-order valence-corrected chi connectivity index (χ4v) is 8.57. The highest BCUT2D eigenvalue weighted by molar-refractivity contribution is 6.35. The summed E-state index contributed by atoms with van der Waals surface area (Å²) in [5.74, 6) is -0.0253. The van der Waals surface area contributed by atoms with Gasteiger partial charge in [0.1, 0.15) is 22.9 Å². The molecule has 0 aliphatic carbocycles. The Labute approximate surface area is 329 Å². The van der Waals surface area contributed by atoms with Crippen molar-refractivity contribution < 1.29 is 28.9 Å². The van der Waals surface area contributed by atoms with Gasteiger partial charge in [0.05, 0.1) is 47.8 Å². The van der Waals surface area contributed by atoms with E-state index >= 15 is 4.79 Å². The van der Waals surface area contributed by atoms with E-state index in [0.29, 0.717) is 59.0 Å². The fourth-order valence-electron chi connectivity index (χ4n) is 8.22. The van der Waals surface area contributed by atoms with Crippen LogP contribution in [0, 0.1) is 27.7 Å². The number of nitrogens with zero attached hydrogens (tertiary/aromatic N) is 5. The van der Waals surface area contributed by atoms with Crippen LogP contribution in [0.3, 0.4) is 0 Å². The number of hydrogen-bond acceptors (Lipinski definition) is 6. The highest BCUT2D eigenvalue weighted by Crippen LogP contribution is 2.46. The van der Waals surface area contributed by atoms with Gasteiger partial charge in [0.15, 0.2) is 0 Å². The molecule has 3 aromatic carbocycles. The predicted molar refractivity (Wildman–Crippen MR) is 217 cm³/mol. The normalized spacial score (nSPS) is 14.3. The van der Waals surface area contributed by atoms with Crippen LogP contribution in [-0.4, -0.2) is 69.9 Å². The Morgan fingerprint density at radius 3 is 2.33 bits per heavy atom. The number of carbonyl (C=O) groups is 2. The molecular weight excluding hydrogens is 741 g/mol. The van der Waals surface area contributed by atoms with Crippen molar-refractivity contribution in [1.29, 1.82) is 0 Å². The molecule has 0 spiro atoms. The van der Waals surface area contributed by atoms with Gasteiger partial charge in [-0.05, 0) is 94.5 Å². The van der Waals surface area contributed by atoms with Crippen LogP contribution >= 0.6 is 23.2 Å². The Bertz CT molecular complexity index is 2490. The summed E-state index contributed by atoms with van der Waals surface area (Å²) in [6.07, 6.45) is 1.17. The molecule has 55 heavy (non-hydrogen) atoms. The van der Waals surface area contributed by atoms with Crippen LogP contribution in [0.15, 0.2) is 42.5 Å². The number of ether oxygens (including phenoxy) is 3. The molecular formula is C42H45Cl2N5O6. The third kappa shape index (κ3) is 6.51. The van der Waals surface area contributed by atoms with Crippen molar-refractivity contribution in [3.8, 4) is 22.6 Å². The van der Waals surface area contributed by atoms with Gasteiger partial charge in [-0.25, -0.2) is 4.79 Å². The van der Waals surface area contributed by atoms with Gasteiger partial charge in [0.2, 0.25) is 0 Å². The van der Waals surface area contributed by atoms with Crippen molar-refractivity contribution in [2.75, 3.05) is 38.9 Å². The number of aromatic carboxylic acids is 1. The van der Waals surface area contributed by atoms with Gasteiger partial charge in [0.25, 0.3) is 5.91 Å². The van der Waals surface area contributed by atoms with Crippen LogP contribution in [0.2, 0.25) is 10.0 Å². The number of rotatable bonds is 12. The lowest BCUT2D eigenvalue weighted by Crippen LogP contribution is -2.43. The molecule has 11 nitrogen and oxygen atoms in total. The van der Waals surface area contributed by atoms with Gasteiger partial charge in [-0.1, -0.05) is 29.3 Å². The Hall–Kier alpha value is -4.97. The Balaban J connectivity index is 1.41. The first-order chi connectivity index (χ1) is 26.3. The molecule has 0 saturated heterocycles. The number of anilines is 1. The van der Waals surface area contributed by atoms with Crippen LogP contribution < -0.4 is 14.4 Å². The third-order valence-electron chi connectivity index (χ3n) is 10.8. The smallest absolute Gasteiger partial charge is 0.352 e. The van der Waals surface area contributed by atoms with E-state index in [-0.39, 0.29) is 30.8 Å². The molecule has 4 heterocycles. The Morgan fingerprint density at radius 1 is 0.964 bits per heavy atom. The molecule has 0 unspecified atom stereocenters. The second-order valence-corrected chi connectivity index (χ2v) is 15.1. The number of fused-ring (bicyclic) bond motifs is 4. The zero-order valence-electron chi connectivity index (χ0n) is 32.3. The molecule has 0 saturated carbocycles. The van der Waals surface area contributed by atoms with Gasteiger partial charge < -0.3 is 33.4 Å². The van der Waals surface area contributed by atoms with Gasteiger partial charge >= 0.3 is 5.97 Å². The van der Waals surface area contributed by atoms with Gasteiger partial charge in [-0.2, -0.15) is 5.10 Å². The van der Waals surface area contributed by atoms with Crippen LogP contribution in [-0.2, 0) is 24.8 Å². The minimum absolute atomic E-state index is 0.0985. The molecule has 1 amide bonds. The summed E-state index contributed by atoms with van der Waals surface area (Å²) in [5.41, 5.74) is 9.10. The summed E-state index contributed by atoms with van der Waals surface area (Å²) < 4.78 is 23.0. The first-order valence-corrected chi connectivity index (χ1v) is 19.0.